The number of aromatic amines is 1. The van der Waals surface area contributed by atoms with Crippen molar-refractivity contribution < 1.29 is 9.53 Å². The van der Waals surface area contributed by atoms with E-state index in [1.807, 2.05) is 37.4 Å². The van der Waals surface area contributed by atoms with Crippen LogP contribution in [0.25, 0.3) is 10.9 Å². The van der Waals surface area contributed by atoms with Crippen LogP contribution in [0.5, 0.6) is 0 Å². The van der Waals surface area contributed by atoms with Crippen molar-refractivity contribution in [3.63, 3.8) is 0 Å². The van der Waals surface area contributed by atoms with Gasteiger partial charge in [0.05, 0.1) is 12.7 Å². The number of carbonyl (C=O) groups is 1. The van der Waals surface area contributed by atoms with Crippen LogP contribution >= 0.6 is 0 Å². The van der Waals surface area contributed by atoms with E-state index in [0.717, 1.165) is 22.2 Å². The molecule has 1 atom stereocenters. The predicted octanol–water partition coefficient (Wildman–Crippen LogP) is 2.73. The van der Waals surface area contributed by atoms with Gasteiger partial charge in [0.25, 0.3) is 0 Å². The maximum Gasteiger partial charge on any atom is 0.336 e. The number of hydrogen-bond donors (Lipinski definition) is 2. The fourth-order valence-electron chi connectivity index (χ4n) is 2.74. The molecule has 0 radical (unpaired) electrons. The topological polar surface area (TPSA) is 54.1 Å². The highest BCUT2D eigenvalue weighted by atomic mass is 16.5. The van der Waals surface area contributed by atoms with Crippen LogP contribution in [0.3, 0.4) is 0 Å². The molecule has 1 aliphatic heterocycles. The zero-order chi connectivity index (χ0) is 14.1. The van der Waals surface area contributed by atoms with Crippen molar-refractivity contribution in [1.82, 2.24) is 10.3 Å². The third kappa shape index (κ3) is 1.90. The molecule has 1 unspecified atom stereocenters. The number of rotatable bonds is 2. The minimum atomic E-state index is -0.309. The standard InChI is InChI=1S/C16H16N2O2/c1-10-15(12-5-3-4-6-14(12)18-10)11-7-8-17-9-13(11)16(19)20-2/h3-9,11,17-18H,1-2H3. The minimum Gasteiger partial charge on any atom is -0.466 e. The molecule has 0 fully saturated rings. The van der Waals surface area contributed by atoms with E-state index < -0.39 is 0 Å². The minimum absolute atomic E-state index is 0.0974. The fraction of sp³-hybridized carbons (Fsp3) is 0.188. The van der Waals surface area contributed by atoms with Crippen LogP contribution in [0.1, 0.15) is 17.2 Å². The van der Waals surface area contributed by atoms with Crippen molar-refractivity contribution in [2.75, 3.05) is 7.11 Å². The number of aryl methyl sites for hydroxylation is 1. The lowest BCUT2D eigenvalue weighted by atomic mass is 9.88. The molecule has 2 N–H and O–H groups in total. The molecule has 102 valence electrons. The van der Waals surface area contributed by atoms with Gasteiger partial charge in [-0.05, 0) is 24.8 Å². The molecule has 0 bridgehead atoms. The molecule has 3 rings (SSSR count). The van der Waals surface area contributed by atoms with Crippen molar-refractivity contribution in [3.8, 4) is 0 Å². The van der Waals surface area contributed by atoms with Gasteiger partial charge in [-0.2, -0.15) is 0 Å². The van der Waals surface area contributed by atoms with Gasteiger partial charge in [0.1, 0.15) is 0 Å². The van der Waals surface area contributed by atoms with Crippen molar-refractivity contribution in [1.29, 1.82) is 0 Å². The molecule has 0 aliphatic carbocycles. The van der Waals surface area contributed by atoms with Gasteiger partial charge >= 0.3 is 5.97 Å². The van der Waals surface area contributed by atoms with E-state index >= 15 is 0 Å². The molecule has 20 heavy (non-hydrogen) atoms. The lowest BCUT2D eigenvalue weighted by Crippen LogP contribution is -2.18. The summed E-state index contributed by atoms with van der Waals surface area (Å²) in [7, 11) is 1.40. The van der Waals surface area contributed by atoms with Gasteiger partial charge < -0.3 is 15.0 Å². The van der Waals surface area contributed by atoms with Gasteiger partial charge in [-0.1, -0.05) is 24.3 Å². The molecule has 4 heteroatoms. The Kier molecular flexibility index (Phi) is 3.06. The Morgan fingerprint density at radius 3 is 2.90 bits per heavy atom. The average Bonchev–Trinajstić information content (AvgIpc) is 2.82. The smallest absolute Gasteiger partial charge is 0.336 e. The largest absolute Gasteiger partial charge is 0.466 e. The first-order chi connectivity index (χ1) is 9.72. The van der Waals surface area contributed by atoms with Crippen LogP contribution in [0.2, 0.25) is 0 Å². The first-order valence-corrected chi connectivity index (χ1v) is 6.50. The number of methoxy groups -OCH3 is 1. The third-order valence-corrected chi connectivity index (χ3v) is 3.63. The van der Waals surface area contributed by atoms with Gasteiger partial charge in [-0.15, -0.1) is 0 Å². The second kappa shape index (κ2) is 4.89. The number of ether oxygens (including phenoxy) is 1. The summed E-state index contributed by atoms with van der Waals surface area (Å²) in [6.45, 7) is 2.03. The summed E-state index contributed by atoms with van der Waals surface area (Å²) in [4.78, 5) is 15.3. The summed E-state index contributed by atoms with van der Waals surface area (Å²) < 4.78 is 4.88. The lowest BCUT2D eigenvalue weighted by molar-refractivity contribution is -0.136. The third-order valence-electron chi connectivity index (χ3n) is 3.63. The van der Waals surface area contributed by atoms with E-state index in [1.54, 1.807) is 6.20 Å². The van der Waals surface area contributed by atoms with Crippen molar-refractivity contribution >= 4 is 16.9 Å². The van der Waals surface area contributed by atoms with E-state index in [0.29, 0.717) is 5.57 Å². The Hall–Kier alpha value is -2.49. The summed E-state index contributed by atoms with van der Waals surface area (Å²) in [5.41, 5.74) is 3.88. The van der Waals surface area contributed by atoms with Crippen molar-refractivity contribution in [2.24, 2.45) is 0 Å². The number of fused-ring (bicyclic) bond motifs is 1. The Labute approximate surface area is 117 Å². The molecule has 0 saturated carbocycles. The summed E-state index contributed by atoms with van der Waals surface area (Å²) in [6.07, 6.45) is 5.53. The van der Waals surface area contributed by atoms with E-state index in [9.17, 15) is 4.79 Å². The molecule has 0 amide bonds. The van der Waals surface area contributed by atoms with Crippen molar-refractivity contribution in [2.45, 2.75) is 12.8 Å². The van der Waals surface area contributed by atoms with Gasteiger partial charge in [0.2, 0.25) is 0 Å². The zero-order valence-corrected chi connectivity index (χ0v) is 11.4. The lowest BCUT2D eigenvalue weighted by Gasteiger charge is -2.19. The highest BCUT2D eigenvalue weighted by molar-refractivity contribution is 5.94. The second-order valence-corrected chi connectivity index (χ2v) is 4.80. The highest BCUT2D eigenvalue weighted by Crippen LogP contribution is 2.35. The number of hydrogen-bond acceptors (Lipinski definition) is 3. The molecular formula is C16H16N2O2. The van der Waals surface area contributed by atoms with E-state index in [-0.39, 0.29) is 11.9 Å². The number of carbonyl (C=O) groups excluding carboxylic acids is 1. The number of allylic oxidation sites excluding steroid dienone is 1. The number of esters is 1. The van der Waals surface area contributed by atoms with Crippen LogP contribution in [-0.4, -0.2) is 18.1 Å². The first-order valence-electron chi connectivity index (χ1n) is 6.50. The SMILES string of the molecule is COC(=O)C1=CNC=CC1c1c(C)[nH]c2ccccc12. The van der Waals surface area contributed by atoms with Crippen LogP contribution in [0.4, 0.5) is 0 Å². The van der Waals surface area contributed by atoms with Crippen LogP contribution in [0.15, 0.2) is 48.3 Å². The molecule has 2 aromatic rings. The average molecular weight is 268 g/mol. The molecule has 0 saturated heterocycles. The normalized spacial score (nSPS) is 17.7. The van der Waals surface area contributed by atoms with E-state index in [4.69, 9.17) is 4.74 Å². The van der Waals surface area contributed by atoms with Gasteiger partial charge in [-0.25, -0.2) is 4.79 Å². The van der Waals surface area contributed by atoms with E-state index in [1.165, 1.54) is 7.11 Å². The number of nitrogens with one attached hydrogen (secondary N) is 2. The quantitative estimate of drug-likeness (QED) is 0.823. The highest BCUT2D eigenvalue weighted by Gasteiger charge is 2.26. The summed E-state index contributed by atoms with van der Waals surface area (Å²) in [5.74, 6) is -0.406. The maximum atomic E-state index is 11.9. The number of para-hydroxylation sites is 1. The molecule has 4 nitrogen and oxygen atoms in total. The number of benzene rings is 1. The molecule has 2 heterocycles. The predicted molar refractivity (Wildman–Crippen MR) is 78.2 cm³/mol. The number of H-pyrrole nitrogens is 1. The maximum absolute atomic E-state index is 11.9. The van der Waals surface area contributed by atoms with Crippen LogP contribution < -0.4 is 5.32 Å². The number of dihydropyridines is 1. The fourth-order valence-corrected chi connectivity index (χ4v) is 2.74. The molecule has 1 aromatic heterocycles. The van der Waals surface area contributed by atoms with Crippen molar-refractivity contribution in [3.05, 3.63) is 59.6 Å². The van der Waals surface area contributed by atoms with Crippen LogP contribution in [-0.2, 0) is 9.53 Å². The summed E-state index contributed by atoms with van der Waals surface area (Å²) in [6, 6.07) is 8.11. The van der Waals surface area contributed by atoms with Gasteiger partial charge in [0, 0.05) is 28.7 Å². The van der Waals surface area contributed by atoms with Gasteiger partial charge in [0.15, 0.2) is 0 Å². The van der Waals surface area contributed by atoms with E-state index in [2.05, 4.69) is 16.4 Å². The van der Waals surface area contributed by atoms with Crippen LogP contribution in [0, 0.1) is 6.92 Å². The molecule has 1 aliphatic rings. The Morgan fingerprint density at radius 2 is 2.10 bits per heavy atom. The second-order valence-electron chi connectivity index (χ2n) is 4.80. The molecule has 1 aromatic carbocycles. The summed E-state index contributed by atoms with van der Waals surface area (Å²) in [5, 5.41) is 4.09. The zero-order valence-electron chi connectivity index (χ0n) is 11.4. The monoisotopic (exact) mass is 268 g/mol. The molecule has 0 spiro atoms. The number of aromatic nitrogens is 1. The summed E-state index contributed by atoms with van der Waals surface area (Å²) >= 11 is 0. The Bertz CT molecular complexity index is 725. The Morgan fingerprint density at radius 1 is 1.30 bits per heavy atom. The Balaban J connectivity index is 2.16. The van der Waals surface area contributed by atoms with Gasteiger partial charge in [-0.3, -0.25) is 0 Å². The first kappa shape index (κ1) is 12.5. The molecular weight excluding hydrogens is 252 g/mol.